The lowest BCUT2D eigenvalue weighted by Crippen LogP contribution is -2.50. The van der Waals surface area contributed by atoms with Gasteiger partial charge in [0.05, 0.1) is 10.6 Å². The van der Waals surface area contributed by atoms with Crippen LogP contribution in [0.5, 0.6) is 0 Å². The topological polar surface area (TPSA) is 110 Å². The van der Waals surface area contributed by atoms with E-state index in [0.717, 1.165) is 42.4 Å². The maximum Gasteiger partial charge on any atom is 0.256 e. The molecule has 1 saturated carbocycles. The summed E-state index contributed by atoms with van der Waals surface area (Å²) in [6.45, 7) is -0.524. The summed E-state index contributed by atoms with van der Waals surface area (Å²) in [4.78, 5) is 25.0. The van der Waals surface area contributed by atoms with Gasteiger partial charge >= 0.3 is 0 Å². The molecule has 1 atom stereocenters. The van der Waals surface area contributed by atoms with Gasteiger partial charge in [-0.1, -0.05) is 73.0 Å². The van der Waals surface area contributed by atoms with E-state index in [2.05, 4.69) is 5.32 Å². The first kappa shape index (κ1) is 25.6. The van der Waals surface area contributed by atoms with Crippen LogP contribution in [0.15, 0.2) is 66.7 Å². The number of hydrogen-bond donors (Lipinski definition) is 3. The summed E-state index contributed by atoms with van der Waals surface area (Å²) >= 11 is 6.12. The van der Waals surface area contributed by atoms with Crippen LogP contribution in [0.1, 0.15) is 47.2 Å². The van der Waals surface area contributed by atoms with Crippen LogP contribution in [0, 0.1) is 17.2 Å². The summed E-state index contributed by atoms with van der Waals surface area (Å²) < 4.78 is 0. The van der Waals surface area contributed by atoms with Crippen LogP contribution >= 0.6 is 11.6 Å². The van der Waals surface area contributed by atoms with Crippen molar-refractivity contribution >= 4 is 29.0 Å². The van der Waals surface area contributed by atoms with E-state index < -0.39 is 18.1 Å². The summed E-state index contributed by atoms with van der Waals surface area (Å²) in [5.41, 5.74) is 2.28. The van der Waals surface area contributed by atoms with Crippen molar-refractivity contribution in [3.8, 4) is 17.2 Å². The van der Waals surface area contributed by atoms with Crippen molar-refractivity contribution in [3.63, 3.8) is 0 Å². The van der Waals surface area contributed by atoms with Crippen molar-refractivity contribution in [2.45, 2.75) is 37.7 Å². The number of nitrogens with zero attached hydrogens (tertiary/aromatic N) is 1. The number of aliphatic hydroxyl groups is 2. The Balaban J connectivity index is 1.54. The highest BCUT2D eigenvalue weighted by atomic mass is 35.5. The van der Waals surface area contributed by atoms with Crippen molar-refractivity contribution in [2.24, 2.45) is 5.92 Å². The molecule has 1 amide bonds. The SMILES string of the molecule is N#Cc1ccc(NC(=O)C(O)(Cc2ccc(-c3ccc(C(=O)CO)cc3)cc2)C2CCCC2)cc1Cl. The number of aliphatic hydroxyl groups excluding tert-OH is 1. The second-order valence-corrected chi connectivity index (χ2v) is 9.61. The van der Waals surface area contributed by atoms with Crippen molar-refractivity contribution in [2.75, 3.05) is 11.9 Å². The number of nitriles is 1. The summed E-state index contributed by atoms with van der Waals surface area (Å²) in [6.07, 6.45) is 3.65. The molecule has 36 heavy (non-hydrogen) atoms. The van der Waals surface area contributed by atoms with Crippen LogP contribution in [-0.4, -0.2) is 34.1 Å². The van der Waals surface area contributed by atoms with Crippen LogP contribution in [0.25, 0.3) is 11.1 Å². The van der Waals surface area contributed by atoms with Gasteiger partial charge in [0.2, 0.25) is 0 Å². The molecule has 0 aliphatic heterocycles. The van der Waals surface area contributed by atoms with Gasteiger partial charge in [-0.25, -0.2) is 0 Å². The molecule has 1 aliphatic carbocycles. The molecule has 3 aromatic rings. The van der Waals surface area contributed by atoms with Crippen molar-refractivity contribution in [1.82, 2.24) is 0 Å². The van der Waals surface area contributed by atoms with Crippen molar-refractivity contribution in [1.29, 1.82) is 5.26 Å². The van der Waals surface area contributed by atoms with Crippen molar-refractivity contribution in [3.05, 3.63) is 88.4 Å². The van der Waals surface area contributed by atoms with E-state index in [0.29, 0.717) is 16.8 Å². The van der Waals surface area contributed by atoms with Crippen LogP contribution in [-0.2, 0) is 11.2 Å². The molecule has 3 N–H and O–H groups in total. The number of carbonyl (C=O) groups is 2. The minimum atomic E-state index is -1.59. The molecule has 0 spiro atoms. The fourth-order valence-corrected chi connectivity index (χ4v) is 5.03. The molecule has 6 nitrogen and oxygen atoms in total. The van der Waals surface area contributed by atoms with Gasteiger partial charge in [0.1, 0.15) is 18.3 Å². The van der Waals surface area contributed by atoms with Gasteiger partial charge in [-0.05, 0) is 53.6 Å². The zero-order valence-electron chi connectivity index (χ0n) is 19.7. The highest BCUT2D eigenvalue weighted by Crippen LogP contribution is 2.37. The highest BCUT2D eigenvalue weighted by molar-refractivity contribution is 6.32. The lowest BCUT2D eigenvalue weighted by atomic mass is 9.80. The summed E-state index contributed by atoms with van der Waals surface area (Å²) in [5.74, 6) is -0.976. The molecule has 184 valence electrons. The van der Waals surface area contributed by atoms with Gasteiger partial charge in [-0.2, -0.15) is 5.26 Å². The van der Waals surface area contributed by atoms with E-state index >= 15 is 0 Å². The smallest absolute Gasteiger partial charge is 0.256 e. The molecule has 1 unspecified atom stereocenters. The Morgan fingerprint density at radius 3 is 2.17 bits per heavy atom. The molecule has 0 heterocycles. The first-order chi connectivity index (χ1) is 17.3. The lowest BCUT2D eigenvalue weighted by Gasteiger charge is -2.33. The Morgan fingerprint density at radius 1 is 1.00 bits per heavy atom. The first-order valence-corrected chi connectivity index (χ1v) is 12.3. The van der Waals surface area contributed by atoms with Gasteiger partial charge in [-0.3, -0.25) is 9.59 Å². The molecule has 1 aliphatic rings. The number of amides is 1. The Kier molecular flexibility index (Phi) is 7.85. The van der Waals surface area contributed by atoms with E-state index in [1.165, 1.54) is 12.1 Å². The second-order valence-electron chi connectivity index (χ2n) is 9.20. The molecule has 4 rings (SSSR count). The van der Waals surface area contributed by atoms with Crippen LogP contribution in [0.4, 0.5) is 5.69 Å². The predicted molar refractivity (Wildman–Crippen MR) is 139 cm³/mol. The highest BCUT2D eigenvalue weighted by Gasteiger charge is 2.45. The largest absolute Gasteiger partial charge is 0.388 e. The molecule has 0 radical (unpaired) electrons. The Bertz CT molecular complexity index is 1290. The minimum Gasteiger partial charge on any atom is -0.388 e. The maximum absolute atomic E-state index is 13.4. The number of hydrogen-bond acceptors (Lipinski definition) is 5. The van der Waals surface area contributed by atoms with E-state index in [1.807, 2.05) is 42.5 Å². The number of nitrogens with one attached hydrogen (secondary N) is 1. The van der Waals surface area contributed by atoms with Gasteiger partial charge in [0.25, 0.3) is 5.91 Å². The van der Waals surface area contributed by atoms with E-state index in [-0.39, 0.29) is 23.1 Å². The van der Waals surface area contributed by atoms with E-state index in [1.54, 1.807) is 18.2 Å². The van der Waals surface area contributed by atoms with Gasteiger partial charge in [0, 0.05) is 17.7 Å². The number of carbonyl (C=O) groups excluding carboxylic acids is 2. The number of ketones is 1. The summed E-state index contributed by atoms with van der Waals surface area (Å²) in [5, 5.41) is 32.8. The monoisotopic (exact) mass is 502 g/mol. The number of halogens is 1. The zero-order valence-corrected chi connectivity index (χ0v) is 20.5. The molecular weight excluding hydrogens is 476 g/mol. The summed E-state index contributed by atoms with van der Waals surface area (Å²) in [6, 6.07) is 21.3. The average Bonchev–Trinajstić information content (AvgIpc) is 3.45. The molecular formula is C29H27ClN2O4. The third-order valence-corrected chi connectivity index (χ3v) is 7.20. The summed E-state index contributed by atoms with van der Waals surface area (Å²) in [7, 11) is 0. The zero-order chi connectivity index (χ0) is 25.7. The van der Waals surface area contributed by atoms with E-state index in [4.69, 9.17) is 22.0 Å². The quantitative estimate of drug-likeness (QED) is 0.369. The normalized spacial score (nSPS) is 15.2. The fraction of sp³-hybridized carbons (Fsp3) is 0.276. The van der Waals surface area contributed by atoms with Crippen LogP contribution in [0.2, 0.25) is 5.02 Å². The van der Waals surface area contributed by atoms with Gasteiger partial charge < -0.3 is 15.5 Å². The molecule has 0 bridgehead atoms. The third kappa shape index (κ3) is 5.50. The number of Topliss-reactive ketones (excluding diaryl/α,β-unsaturated/α-hetero) is 1. The average molecular weight is 503 g/mol. The Morgan fingerprint density at radius 2 is 1.61 bits per heavy atom. The number of benzene rings is 3. The van der Waals surface area contributed by atoms with Crippen LogP contribution < -0.4 is 5.32 Å². The number of rotatable bonds is 8. The van der Waals surface area contributed by atoms with Crippen molar-refractivity contribution < 1.29 is 19.8 Å². The van der Waals surface area contributed by atoms with Gasteiger partial charge in [-0.15, -0.1) is 0 Å². The molecule has 0 aromatic heterocycles. The lowest BCUT2D eigenvalue weighted by molar-refractivity contribution is -0.139. The predicted octanol–water partition coefficient (Wildman–Crippen LogP) is 5.16. The van der Waals surface area contributed by atoms with Crippen LogP contribution in [0.3, 0.4) is 0 Å². The minimum absolute atomic E-state index is 0.164. The Labute approximate surface area is 215 Å². The Hall–Kier alpha value is -3.50. The maximum atomic E-state index is 13.4. The van der Waals surface area contributed by atoms with E-state index in [9.17, 15) is 14.7 Å². The number of anilines is 1. The first-order valence-electron chi connectivity index (χ1n) is 11.9. The fourth-order valence-electron chi connectivity index (χ4n) is 4.80. The standard InChI is InChI=1S/C29H27ClN2O4/c30-26-15-25(14-13-23(26)17-31)32-28(35)29(36,24-3-1-2-4-24)16-19-5-7-20(8-6-19)21-9-11-22(12-10-21)27(34)18-33/h5-15,24,33,36H,1-4,16,18H2,(H,32,35). The van der Waals surface area contributed by atoms with Gasteiger partial charge in [0.15, 0.2) is 5.78 Å². The second kappa shape index (κ2) is 11.0. The molecule has 7 heteroatoms. The molecule has 3 aromatic carbocycles. The third-order valence-electron chi connectivity index (χ3n) is 6.88. The molecule has 1 fully saturated rings. The molecule has 0 saturated heterocycles.